The quantitative estimate of drug-likeness (QED) is 0.885. The van der Waals surface area contributed by atoms with Crippen LogP contribution in [0.2, 0.25) is 0 Å². The molecular weight excluding hydrogens is 254 g/mol. The minimum atomic E-state index is -0.378. The lowest BCUT2D eigenvalue weighted by atomic mass is 9.89. The van der Waals surface area contributed by atoms with Crippen LogP contribution in [0.4, 0.5) is 5.69 Å². The van der Waals surface area contributed by atoms with E-state index in [0.717, 1.165) is 17.8 Å². The van der Waals surface area contributed by atoms with Crippen molar-refractivity contribution in [2.75, 3.05) is 39.1 Å². The first-order chi connectivity index (χ1) is 9.50. The molecule has 2 amide bonds. The fraction of sp³-hybridized carbons (Fsp3) is 0.467. The molecule has 1 aliphatic rings. The van der Waals surface area contributed by atoms with Crippen molar-refractivity contribution in [3.63, 3.8) is 0 Å². The van der Waals surface area contributed by atoms with Crippen LogP contribution < -0.4 is 10.2 Å². The smallest absolute Gasteiger partial charge is 0.228 e. The lowest BCUT2D eigenvalue weighted by molar-refractivity contribution is -0.127. The number of carbonyl (C=O) groups excluding carboxylic acids is 2. The third kappa shape index (κ3) is 2.99. The van der Waals surface area contributed by atoms with Gasteiger partial charge in [0.05, 0.1) is 5.92 Å². The highest BCUT2D eigenvalue weighted by Crippen LogP contribution is 2.34. The number of rotatable bonds is 4. The third-order valence-electron chi connectivity index (χ3n) is 3.60. The highest BCUT2D eigenvalue weighted by atomic mass is 16.2. The molecule has 0 saturated heterocycles. The van der Waals surface area contributed by atoms with Crippen LogP contribution in [0.25, 0.3) is 0 Å². The number of nitrogens with one attached hydrogen (secondary N) is 1. The van der Waals surface area contributed by atoms with Crippen molar-refractivity contribution in [2.45, 2.75) is 12.3 Å². The number of likely N-dealkylation sites (N-methyl/N-ethyl adjacent to an activating group) is 1. The Hall–Kier alpha value is -1.88. The molecule has 0 aliphatic carbocycles. The van der Waals surface area contributed by atoms with E-state index >= 15 is 0 Å². The second kappa shape index (κ2) is 6.05. The average Bonchev–Trinajstić information content (AvgIpc) is 2.42. The van der Waals surface area contributed by atoms with Crippen molar-refractivity contribution in [1.82, 2.24) is 10.2 Å². The van der Waals surface area contributed by atoms with Gasteiger partial charge in [-0.05, 0) is 25.7 Å². The van der Waals surface area contributed by atoms with Crippen LogP contribution in [0.15, 0.2) is 24.3 Å². The van der Waals surface area contributed by atoms with Gasteiger partial charge in [0.15, 0.2) is 0 Å². The molecule has 1 aromatic carbocycles. The van der Waals surface area contributed by atoms with E-state index in [2.05, 4.69) is 5.32 Å². The summed E-state index contributed by atoms with van der Waals surface area (Å²) in [5.74, 6) is -0.464. The Labute approximate surface area is 119 Å². The number of anilines is 1. The minimum absolute atomic E-state index is 0.0172. The first-order valence-electron chi connectivity index (χ1n) is 6.78. The van der Waals surface area contributed by atoms with Gasteiger partial charge in [-0.2, -0.15) is 0 Å². The predicted molar refractivity (Wildman–Crippen MR) is 78.8 cm³/mol. The largest absolute Gasteiger partial charge is 0.354 e. The molecule has 1 aromatic rings. The van der Waals surface area contributed by atoms with Crippen LogP contribution in [-0.4, -0.2) is 50.9 Å². The third-order valence-corrected chi connectivity index (χ3v) is 3.60. The number of benzene rings is 1. The number of nitrogens with zero attached hydrogens (tertiary/aromatic N) is 2. The van der Waals surface area contributed by atoms with Gasteiger partial charge in [0, 0.05) is 32.2 Å². The maximum Gasteiger partial charge on any atom is 0.228 e. The predicted octanol–water partition coefficient (Wildman–Crippen LogP) is 0.815. The molecule has 0 fully saturated rings. The first kappa shape index (κ1) is 14.5. The molecule has 0 aromatic heterocycles. The monoisotopic (exact) mass is 275 g/mol. The van der Waals surface area contributed by atoms with Gasteiger partial charge in [-0.3, -0.25) is 9.59 Å². The minimum Gasteiger partial charge on any atom is -0.354 e. The second-order valence-corrected chi connectivity index (χ2v) is 5.36. The van der Waals surface area contributed by atoms with E-state index in [9.17, 15) is 9.59 Å². The van der Waals surface area contributed by atoms with Gasteiger partial charge in [-0.15, -0.1) is 0 Å². The lowest BCUT2D eigenvalue weighted by Crippen LogP contribution is -2.40. The van der Waals surface area contributed by atoms with Crippen LogP contribution in [0.1, 0.15) is 17.9 Å². The maximum absolute atomic E-state index is 12.3. The number of para-hydroxylation sites is 1. The standard InChI is InChI=1S/C15H21N3O2/c1-17(2)9-8-16-15(20)12-10-14(19)18(3)13-7-5-4-6-11(12)13/h4-7,12H,8-10H2,1-3H3,(H,16,20). The first-order valence-corrected chi connectivity index (χ1v) is 6.78. The van der Waals surface area contributed by atoms with Gasteiger partial charge in [0.1, 0.15) is 0 Å². The van der Waals surface area contributed by atoms with E-state index in [4.69, 9.17) is 0 Å². The van der Waals surface area contributed by atoms with Gasteiger partial charge in [0.25, 0.3) is 0 Å². The molecule has 108 valence electrons. The Morgan fingerprint density at radius 2 is 2.10 bits per heavy atom. The molecule has 1 atom stereocenters. The van der Waals surface area contributed by atoms with Crippen LogP contribution in [-0.2, 0) is 9.59 Å². The van der Waals surface area contributed by atoms with E-state index < -0.39 is 0 Å². The molecule has 0 bridgehead atoms. The van der Waals surface area contributed by atoms with Crippen molar-refractivity contribution >= 4 is 17.5 Å². The average molecular weight is 275 g/mol. The van der Waals surface area contributed by atoms with Crippen LogP contribution in [0.5, 0.6) is 0 Å². The zero-order valence-electron chi connectivity index (χ0n) is 12.2. The molecule has 5 nitrogen and oxygen atoms in total. The summed E-state index contributed by atoms with van der Waals surface area (Å²) >= 11 is 0. The number of carbonyl (C=O) groups is 2. The Bertz CT molecular complexity index is 514. The van der Waals surface area contributed by atoms with E-state index in [1.165, 1.54) is 0 Å². The lowest BCUT2D eigenvalue weighted by Gasteiger charge is -2.30. The van der Waals surface area contributed by atoms with Crippen molar-refractivity contribution in [3.8, 4) is 0 Å². The number of hydrogen-bond acceptors (Lipinski definition) is 3. The summed E-state index contributed by atoms with van der Waals surface area (Å²) in [4.78, 5) is 27.9. The zero-order valence-corrected chi connectivity index (χ0v) is 12.2. The van der Waals surface area contributed by atoms with Crippen LogP contribution >= 0.6 is 0 Å². The second-order valence-electron chi connectivity index (χ2n) is 5.36. The summed E-state index contributed by atoms with van der Waals surface area (Å²) in [6, 6.07) is 7.60. The number of amides is 2. The van der Waals surface area contributed by atoms with Gasteiger partial charge in [-0.25, -0.2) is 0 Å². The van der Waals surface area contributed by atoms with E-state index in [0.29, 0.717) is 6.54 Å². The summed E-state index contributed by atoms with van der Waals surface area (Å²) in [6.07, 6.45) is 0.237. The molecule has 1 N–H and O–H groups in total. The van der Waals surface area contributed by atoms with Crippen molar-refractivity contribution in [2.24, 2.45) is 0 Å². The highest BCUT2D eigenvalue weighted by Gasteiger charge is 2.33. The highest BCUT2D eigenvalue weighted by molar-refractivity contribution is 6.02. The van der Waals surface area contributed by atoms with Crippen molar-refractivity contribution in [3.05, 3.63) is 29.8 Å². The van der Waals surface area contributed by atoms with Gasteiger partial charge in [-0.1, -0.05) is 18.2 Å². The molecule has 2 rings (SSSR count). The molecule has 1 heterocycles. The van der Waals surface area contributed by atoms with Gasteiger partial charge in [0.2, 0.25) is 11.8 Å². The zero-order chi connectivity index (χ0) is 14.7. The Balaban J connectivity index is 2.14. The summed E-state index contributed by atoms with van der Waals surface area (Å²) < 4.78 is 0. The summed E-state index contributed by atoms with van der Waals surface area (Å²) in [6.45, 7) is 1.38. The Morgan fingerprint density at radius 1 is 1.40 bits per heavy atom. The molecular formula is C15H21N3O2. The van der Waals surface area contributed by atoms with Gasteiger partial charge < -0.3 is 15.1 Å². The fourth-order valence-electron chi connectivity index (χ4n) is 2.40. The van der Waals surface area contributed by atoms with E-state index in [1.54, 1.807) is 11.9 Å². The Kier molecular flexibility index (Phi) is 4.39. The van der Waals surface area contributed by atoms with Crippen molar-refractivity contribution < 1.29 is 9.59 Å². The summed E-state index contributed by atoms with van der Waals surface area (Å²) in [7, 11) is 5.67. The fourth-order valence-corrected chi connectivity index (χ4v) is 2.40. The number of hydrogen-bond donors (Lipinski definition) is 1. The molecule has 20 heavy (non-hydrogen) atoms. The van der Waals surface area contributed by atoms with E-state index in [-0.39, 0.29) is 24.2 Å². The molecule has 1 aliphatic heterocycles. The normalized spacial score (nSPS) is 18.1. The van der Waals surface area contributed by atoms with Crippen LogP contribution in [0, 0.1) is 0 Å². The topological polar surface area (TPSA) is 52.7 Å². The van der Waals surface area contributed by atoms with Gasteiger partial charge >= 0.3 is 0 Å². The SMILES string of the molecule is CN(C)CCNC(=O)C1CC(=O)N(C)c2ccccc21. The van der Waals surface area contributed by atoms with Crippen LogP contribution in [0.3, 0.4) is 0 Å². The summed E-state index contributed by atoms with van der Waals surface area (Å²) in [5, 5.41) is 2.91. The molecule has 0 radical (unpaired) electrons. The molecule has 0 saturated carbocycles. The molecule has 5 heteroatoms. The maximum atomic E-state index is 12.3. The van der Waals surface area contributed by atoms with E-state index in [1.807, 2.05) is 43.3 Å². The Morgan fingerprint density at radius 3 is 2.80 bits per heavy atom. The molecule has 1 unspecified atom stereocenters. The number of fused-ring (bicyclic) bond motifs is 1. The summed E-state index contributed by atoms with van der Waals surface area (Å²) in [5.41, 5.74) is 1.76. The molecule has 0 spiro atoms. The van der Waals surface area contributed by atoms with Crippen molar-refractivity contribution in [1.29, 1.82) is 0 Å².